The largest absolute Gasteiger partial charge is 0.434 e. The van der Waals surface area contributed by atoms with E-state index in [2.05, 4.69) is 65.0 Å². The predicted octanol–water partition coefficient (Wildman–Crippen LogP) is 18.1. The second kappa shape index (κ2) is 26.5. The zero-order valence-corrected chi connectivity index (χ0v) is 44.9. The Labute approximate surface area is 480 Å². The molecule has 1 aromatic heterocycles. The van der Waals surface area contributed by atoms with Crippen LogP contribution < -0.4 is 31.2 Å². The van der Waals surface area contributed by atoms with Gasteiger partial charge in [-0.05, 0) is 54.8 Å². The van der Waals surface area contributed by atoms with Crippen LogP contribution in [0.1, 0.15) is 114 Å². The van der Waals surface area contributed by atoms with E-state index in [-0.39, 0.29) is 0 Å². The molecule has 0 radical (unpaired) electrons. The van der Waals surface area contributed by atoms with Crippen molar-refractivity contribution in [3.8, 4) is 11.6 Å². The van der Waals surface area contributed by atoms with Crippen LogP contribution in [-0.2, 0) is 62.4 Å². The van der Waals surface area contributed by atoms with E-state index in [1.807, 2.05) is 18.5 Å². The van der Waals surface area contributed by atoms with Crippen molar-refractivity contribution in [1.82, 2.24) is 4.98 Å². The first-order valence-electron chi connectivity index (χ1n) is 26.1. The van der Waals surface area contributed by atoms with Crippen LogP contribution in [0.2, 0.25) is 0 Å². The molecule has 3 nitrogen and oxygen atoms in total. The normalized spacial score (nSPS) is 13.1. The number of unbranched alkanes of at least 4 members (excludes halogenated alkanes) is 7. The molecule has 0 aliphatic carbocycles. The molecular weight excluding hydrogens is 1220 g/mol. The maximum Gasteiger partial charge on any atom is 0.416 e. The minimum Gasteiger partial charge on any atom is -0.434 e. The van der Waals surface area contributed by atoms with Gasteiger partial charge in [-0.25, -0.2) is 4.98 Å². The molecule has 0 bridgehead atoms. The molecule has 0 saturated heterocycles. The van der Waals surface area contributed by atoms with Crippen molar-refractivity contribution in [1.29, 1.82) is 0 Å². The van der Waals surface area contributed by atoms with E-state index in [1.54, 1.807) is 6.20 Å². The highest BCUT2D eigenvalue weighted by Crippen LogP contribution is 2.42. The Morgan fingerprint density at radius 2 is 0.678 bits per heavy atom. The molecule has 6 aromatic carbocycles. The van der Waals surface area contributed by atoms with Gasteiger partial charge < -0.3 is 4.74 Å². The zero-order chi connectivity index (χ0) is 64.8. The zero-order valence-electron chi connectivity index (χ0n) is 44.9. The number of aromatic nitrogens is 2. The third-order valence-electron chi connectivity index (χ3n) is 13.8. The summed E-state index contributed by atoms with van der Waals surface area (Å²) in [5.74, 6) is 1.45. The van der Waals surface area contributed by atoms with E-state index < -0.39 is 195 Å². The summed E-state index contributed by atoms with van der Waals surface area (Å²) in [6.45, 7) is 3.08. The van der Waals surface area contributed by atoms with Crippen molar-refractivity contribution in [3.05, 3.63) is 202 Å². The third-order valence-corrected chi connectivity index (χ3v) is 13.8. The van der Waals surface area contributed by atoms with Gasteiger partial charge in [-0.1, -0.05) is 143 Å². The maximum absolute atomic E-state index is 14.2. The van der Waals surface area contributed by atoms with Gasteiger partial charge in [0.2, 0.25) is 6.20 Å². The Morgan fingerprint density at radius 1 is 0.368 bits per heavy atom. The quantitative estimate of drug-likeness (QED) is 0.0393. The summed E-state index contributed by atoms with van der Waals surface area (Å²) >= 11 is 0. The molecule has 0 spiro atoms. The Balaban J connectivity index is 0.000000337. The highest BCUT2D eigenvalue weighted by atomic mass is 19.4. The Morgan fingerprint density at radius 3 is 0.989 bits per heavy atom. The van der Waals surface area contributed by atoms with Crippen LogP contribution in [0.3, 0.4) is 0 Å². The second-order valence-corrected chi connectivity index (χ2v) is 20.2. The summed E-state index contributed by atoms with van der Waals surface area (Å²) in [5, 5.41) is 0. The molecule has 0 fully saturated rings. The molecule has 28 heteroatoms. The van der Waals surface area contributed by atoms with Gasteiger partial charge >= 0.3 is 49.4 Å². The topological polar surface area (TPSA) is 26.0 Å². The second-order valence-electron chi connectivity index (χ2n) is 20.2. The Hall–Kier alpha value is -7.42. The molecule has 0 saturated carbocycles. The van der Waals surface area contributed by atoms with Crippen molar-refractivity contribution in [2.24, 2.45) is 0 Å². The standard InChI is InChI=1S/C32H12BF24.C27H35N2O/c34-25(35,36)13-1-14(26(37,38)39)6-21(5-13)33(22-7-15(27(40,41)42)2-16(8-22)28(43,44)45,23-9-17(29(46,47)48)3-18(10-23)30(49,50)51)24-11-19(31(52,53)54)4-20(12-24)32(55,56)57;1-2-3-4-5-6-7-8-10-13-24-16-18-26(19-17-24)30-27-23-29(21-20-28-27)22-25-14-11-9-12-15-25/h1-12H;9,11-12,14-21,23H,2-8,10,13,22H2,1H3/q-1;+1. The molecule has 0 unspecified atom stereocenters. The lowest BCUT2D eigenvalue weighted by Crippen LogP contribution is -2.75. The number of ether oxygens (including phenoxy) is 1. The molecule has 0 N–H and O–H groups in total. The first kappa shape index (κ1) is 68.7. The predicted molar refractivity (Wildman–Crippen MR) is 273 cm³/mol. The summed E-state index contributed by atoms with van der Waals surface area (Å²) in [7, 11) is 0. The van der Waals surface area contributed by atoms with Crippen molar-refractivity contribution >= 4 is 28.0 Å². The van der Waals surface area contributed by atoms with E-state index in [0.29, 0.717) is 5.88 Å². The lowest BCUT2D eigenvalue weighted by atomic mass is 9.12. The van der Waals surface area contributed by atoms with Crippen LogP contribution in [0.5, 0.6) is 11.6 Å². The van der Waals surface area contributed by atoms with Crippen LogP contribution in [0.15, 0.2) is 146 Å². The summed E-state index contributed by atoms with van der Waals surface area (Å²) in [6.07, 6.45) is -37.1. The Bertz CT molecular complexity index is 2980. The van der Waals surface area contributed by atoms with Crippen molar-refractivity contribution in [3.63, 3.8) is 0 Å². The molecule has 0 aliphatic heterocycles. The lowest BCUT2D eigenvalue weighted by molar-refractivity contribution is -0.689. The molecule has 0 aliphatic rings. The van der Waals surface area contributed by atoms with Gasteiger partial charge in [0.25, 0.3) is 5.88 Å². The van der Waals surface area contributed by atoms with Crippen LogP contribution in [0.25, 0.3) is 0 Å². The summed E-state index contributed by atoms with van der Waals surface area (Å²) < 4.78 is 349. The summed E-state index contributed by atoms with van der Waals surface area (Å²) in [5.41, 5.74) is -27.6. The number of nitrogens with zero attached hydrogens (tertiary/aromatic N) is 2. The highest BCUT2D eigenvalue weighted by Gasteiger charge is 2.47. The molecule has 470 valence electrons. The van der Waals surface area contributed by atoms with E-state index in [4.69, 9.17) is 4.74 Å². The number of benzene rings is 6. The lowest BCUT2D eigenvalue weighted by Gasteiger charge is -2.46. The number of alkyl halides is 24. The number of hydrogen-bond acceptors (Lipinski definition) is 2. The first-order valence-corrected chi connectivity index (χ1v) is 26.1. The SMILES string of the molecule is CCCCCCCCCCc1ccc(Oc2c[n+](Cc3ccccc3)ccn2)cc1.FC(F)(F)c1cc([B-](c2cc(C(F)(F)F)cc(C(F)(F)F)c2)(c2cc(C(F)(F)F)cc(C(F)(F)F)c2)c2cc(C(F)(F)F)cc(C(F)(F)F)c2)cc(C(F)(F)F)c1. The van der Waals surface area contributed by atoms with Crippen molar-refractivity contribution in [2.75, 3.05) is 0 Å². The number of halogens is 24. The Kier molecular flexibility index (Phi) is 20.9. The smallest absolute Gasteiger partial charge is 0.416 e. The molecule has 0 atom stereocenters. The van der Waals surface area contributed by atoms with Crippen molar-refractivity contribution < 1.29 is 115 Å². The van der Waals surface area contributed by atoms with Gasteiger partial charge in [-0.15, -0.1) is 0 Å². The molecule has 1 heterocycles. The monoisotopic (exact) mass is 1270 g/mol. The van der Waals surface area contributed by atoms with Gasteiger partial charge in [0.15, 0.2) is 12.7 Å². The highest BCUT2D eigenvalue weighted by molar-refractivity contribution is 7.20. The molecule has 7 aromatic rings. The first-order chi connectivity index (χ1) is 40.1. The molecule has 0 amide bonds. The van der Waals surface area contributed by atoms with Crippen molar-refractivity contribution in [2.45, 2.75) is 121 Å². The number of rotatable bonds is 17. The van der Waals surface area contributed by atoms with E-state index >= 15 is 0 Å². The molecule has 87 heavy (non-hydrogen) atoms. The fourth-order valence-electron chi connectivity index (χ4n) is 9.73. The van der Waals surface area contributed by atoms with Gasteiger partial charge in [-0.2, -0.15) is 132 Å². The fourth-order valence-corrected chi connectivity index (χ4v) is 9.73. The average Bonchev–Trinajstić information content (AvgIpc) is 0.732. The minimum absolute atomic E-state index is 0.615. The van der Waals surface area contributed by atoms with Gasteiger partial charge in [0, 0.05) is 5.56 Å². The van der Waals surface area contributed by atoms with Crippen LogP contribution in [0, 0.1) is 0 Å². The fraction of sp³-hybridized carbons (Fsp3) is 0.322. The van der Waals surface area contributed by atoms with E-state index in [0.717, 1.165) is 18.7 Å². The third kappa shape index (κ3) is 18.3. The minimum atomic E-state index is -6.13. The van der Waals surface area contributed by atoms with E-state index in [1.165, 1.54) is 62.5 Å². The molecule has 7 rings (SSSR count). The van der Waals surface area contributed by atoms with E-state index in [9.17, 15) is 105 Å². The van der Waals surface area contributed by atoms with Gasteiger partial charge in [-0.3, -0.25) is 0 Å². The maximum atomic E-state index is 14.2. The molecular formula is C59H47BF24N2O. The van der Waals surface area contributed by atoms with Crippen LogP contribution in [-0.4, -0.2) is 11.1 Å². The van der Waals surface area contributed by atoms with Gasteiger partial charge in [0.1, 0.15) is 11.9 Å². The number of aryl methyl sites for hydroxylation is 1. The average molecular weight is 1270 g/mol. The van der Waals surface area contributed by atoms with Crippen LogP contribution in [0.4, 0.5) is 105 Å². The van der Waals surface area contributed by atoms with Gasteiger partial charge in [0.05, 0.1) is 50.7 Å². The summed E-state index contributed by atoms with van der Waals surface area (Å²) in [6, 6.07) is 10.1. The number of hydrogen-bond donors (Lipinski definition) is 0. The summed E-state index contributed by atoms with van der Waals surface area (Å²) in [4.78, 5) is 4.35. The van der Waals surface area contributed by atoms with Crippen LogP contribution >= 0.6 is 0 Å².